The third kappa shape index (κ3) is 2.86. The molecule has 1 aliphatic rings. The van der Waals surface area contributed by atoms with E-state index in [0.717, 1.165) is 18.5 Å². The first kappa shape index (κ1) is 12.6. The highest BCUT2D eigenvalue weighted by atomic mass is 19.1. The van der Waals surface area contributed by atoms with E-state index in [-0.39, 0.29) is 5.82 Å². The van der Waals surface area contributed by atoms with Gasteiger partial charge in [0.2, 0.25) is 0 Å². The second-order valence-electron chi connectivity index (χ2n) is 5.11. The summed E-state index contributed by atoms with van der Waals surface area (Å²) in [6.45, 7) is 5.07. The van der Waals surface area contributed by atoms with Crippen molar-refractivity contribution in [3.05, 3.63) is 35.1 Å². The summed E-state index contributed by atoms with van der Waals surface area (Å²) < 4.78 is 13.6. The summed E-state index contributed by atoms with van der Waals surface area (Å²) in [5, 5.41) is 3.59. The summed E-state index contributed by atoms with van der Waals surface area (Å²) >= 11 is 0. The summed E-state index contributed by atoms with van der Waals surface area (Å²) in [5.41, 5.74) is 1.91. The van der Waals surface area contributed by atoms with Crippen LogP contribution in [-0.2, 0) is 0 Å². The first-order valence-corrected chi connectivity index (χ1v) is 6.71. The van der Waals surface area contributed by atoms with E-state index in [9.17, 15) is 4.39 Å². The Morgan fingerprint density at radius 3 is 2.88 bits per heavy atom. The molecule has 0 heterocycles. The number of aryl methyl sites for hydroxylation is 1. The molecule has 0 saturated heterocycles. The van der Waals surface area contributed by atoms with Gasteiger partial charge in [0.05, 0.1) is 0 Å². The molecule has 1 nitrogen and oxygen atoms in total. The molecular weight excluding hydrogens is 213 g/mol. The molecule has 0 spiro atoms. The highest BCUT2D eigenvalue weighted by Gasteiger charge is 2.28. The Labute approximate surface area is 103 Å². The molecule has 2 unspecified atom stereocenters. The Kier molecular flexibility index (Phi) is 4.16. The third-order valence-corrected chi connectivity index (χ3v) is 3.80. The van der Waals surface area contributed by atoms with Crippen LogP contribution >= 0.6 is 0 Å². The molecule has 0 aromatic heterocycles. The van der Waals surface area contributed by atoms with E-state index in [0.29, 0.717) is 12.0 Å². The van der Waals surface area contributed by atoms with Gasteiger partial charge in [0.15, 0.2) is 0 Å². The van der Waals surface area contributed by atoms with Crippen LogP contribution < -0.4 is 5.32 Å². The Morgan fingerprint density at radius 1 is 1.35 bits per heavy atom. The second-order valence-corrected chi connectivity index (χ2v) is 5.11. The SMILES string of the molecule is CCCNC1CCCC1c1ccc(C)c(F)c1. The number of nitrogens with one attached hydrogen (secondary N) is 1. The van der Waals surface area contributed by atoms with Crippen LogP contribution in [0.2, 0.25) is 0 Å². The van der Waals surface area contributed by atoms with Gasteiger partial charge in [-0.25, -0.2) is 4.39 Å². The maximum absolute atomic E-state index is 13.6. The van der Waals surface area contributed by atoms with E-state index >= 15 is 0 Å². The minimum atomic E-state index is -0.0661. The maximum atomic E-state index is 13.6. The van der Waals surface area contributed by atoms with Crippen molar-refractivity contribution in [2.45, 2.75) is 51.5 Å². The molecule has 1 N–H and O–H groups in total. The molecule has 17 heavy (non-hydrogen) atoms. The standard InChI is InChI=1S/C15H22FN/c1-3-9-17-15-6-4-5-13(15)12-8-7-11(2)14(16)10-12/h7-8,10,13,15,17H,3-6,9H2,1-2H3. The van der Waals surface area contributed by atoms with E-state index in [4.69, 9.17) is 0 Å². The average molecular weight is 235 g/mol. The van der Waals surface area contributed by atoms with Gasteiger partial charge in [-0.05, 0) is 55.8 Å². The molecule has 2 heteroatoms. The van der Waals surface area contributed by atoms with Crippen molar-refractivity contribution in [1.29, 1.82) is 0 Å². The van der Waals surface area contributed by atoms with Crippen molar-refractivity contribution in [3.8, 4) is 0 Å². The first-order valence-electron chi connectivity index (χ1n) is 6.71. The molecule has 2 rings (SSSR count). The Hall–Kier alpha value is -0.890. The van der Waals surface area contributed by atoms with Gasteiger partial charge in [0.1, 0.15) is 5.82 Å². The lowest BCUT2D eigenvalue weighted by Gasteiger charge is -2.21. The van der Waals surface area contributed by atoms with Crippen LogP contribution in [0.25, 0.3) is 0 Å². The minimum Gasteiger partial charge on any atom is -0.313 e. The zero-order valence-electron chi connectivity index (χ0n) is 10.8. The summed E-state index contributed by atoms with van der Waals surface area (Å²) in [5.74, 6) is 0.431. The van der Waals surface area contributed by atoms with Crippen LogP contribution in [0.5, 0.6) is 0 Å². The monoisotopic (exact) mass is 235 g/mol. The summed E-state index contributed by atoms with van der Waals surface area (Å²) in [6.07, 6.45) is 4.82. The number of rotatable bonds is 4. The molecule has 1 aliphatic carbocycles. The van der Waals surface area contributed by atoms with E-state index in [1.54, 1.807) is 6.07 Å². The van der Waals surface area contributed by atoms with Crippen molar-refractivity contribution in [2.75, 3.05) is 6.54 Å². The number of benzene rings is 1. The molecular formula is C15H22FN. The Balaban J connectivity index is 2.11. The predicted molar refractivity (Wildman–Crippen MR) is 69.8 cm³/mol. The quantitative estimate of drug-likeness (QED) is 0.837. The van der Waals surface area contributed by atoms with Crippen LogP contribution in [0.1, 0.15) is 49.7 Å². The molecule has 1 aromatic rings. The zero-order valence-corrected chi connectivity index (χ0v) is 10.8. The van der Waals surface area contributed by atoms with E-state index < -0.39 is 0 Å². The largest absolute Gasteiger partial charge is 0.313 e. The number of halogens is 1. The highest BCUT2D eigenvalue weighted by Crippen LogP contribution is 2.35. The van der Waals surface area contributed by atoms with Gasteiger partial charge in [-0.15, -0.1) is 0 Å². The molecule has 2 atom stereocenters. The van der Waals surface area contributed by atoms with Gasteiger partial charge < -0.3 is 5.32 Å². The van der Waals surface area contributed by atoms with Gasteiger partial charge in [0.25, 0.3) is 0 Å². The molecule has 0 bridgehead atoms. The number of hydrogen-bond acceptors (Lipinski definition) is 1. The summed E-state index contributed by atoms with van der Waals surface area (Å²) in [6, 6.07) is 6.26. The fourth-order valence-corrected chi connectivity index (χ4v) is 2.77. The van der Waals surface area contributed by atoms with Crippen molar-refractivity contribution < 1.29 is 4.39 Å². The lowest BCUT2D eigenvalue weighted by molar-refractivity contribution is 0.477. The van der Waals surface area contributed by atoms with Gasteiger partial charge in [0, 0.05) is 6.04 Å². The summed E-state index contributed by atoms with van der Waals surface area (Å²) in [4.78, 5) is 0. The van der Waals surface area contributed by atoms with Gasteiger partial charge in [-0.2, -0.15) is 0 Å². The maximum Gasteiger partial charge on any atom is 0.126 e. The topological polar surface area (TPSA) is 12.0 Å². The van der Waals surface area contributed by atoms with Gasteiger partial charge in [-0.3, -0.25) is 0 Å². The lowest BCUT2D eigenvalue weighted by atomic mass is 9.93. The molecule has 94 valence electrons. The molecule has 1 aromatic carbocycles. The average Bonchev–Trinajstić information content (AvgIpc) is 2.78. The first-order chi connectivity index (χ1) is 8.22. The van der Waals surface area contributed by atoms with Crippen LogP contribution in [0.15, 0.2) is 18.2 Å². The second kappa shape index (κ2) is 5.63. The molecule has 1 saturated carbocycles. The van der Waals surface area contributed by atoms with Crippen LogP contribution in [0.3, 0.4) is 0 Å². The van der Waals surface area contributed by atoms with E-state index in [1.807, 2.05) is 13.0 Å². The lowest BCUT2D eigenvalue weighted by Crippen LogP contribution is -2.31. The smallest absolute Gasteiger partial charge is 0.126 e. The fraction of sp³-hybridized carbons (Fsp3) is 0.600. The summed E-state index contributed by atoms with van der Waals surface area (Å²) in [7, 11) is 0. The third-order valence-electron chi connectivity index (χ3n) is 3.80. The van der Waals surface area contributed by atoms with Crippen molar-refractivity contribution >= 4 is 0 Å². The minimum absolute atomic E-state index is 0.0661. The Morgan fingerprint density at radius 2 is 2.18 bits per heavy atom. The Bertz CT molecular complexity index is 375. The fourth-order valence-electron chi connectivity index (χ4n) is 2.77. The normalized spacial score (nSPS) is 24.2. The van der Waals surface area contributed by atoms with Gasteiger partial charge >= 0.3 is 0 Å². The van der Waals surface area contributed by atoms with Crippen molar-refractivity contribution in [1.82, 2.24) is 5.32 Å². The van der Waals surface area contributed by atoms with E-state index in [1.165, 1.54) is 24.8 Å². The van der Waals surface area contributed by atoms with E-state index in [2.05, 4.69) is 18.3 Å². The molecule has 1 fully saturated rings. The highest BCUT2D eigenvalue weighted by molar-refractivity contribution is 5.28. The predicted octanol–water partition coefficient (Wildman–Crippen LogP) is 3.77. The molecule has 0 aliphatic heterocycles. The zero-order chi connectivity index (χ0) is 12.3. The van der Waals surface area contributed by atoms with Crippen molar-refractivity contribution in [2.24, 2.45) is 0 Å². The molecule has 0 radical (unpaired) electrons. The van der Waals surface area contributed by atoms with Crippen molar-refractivity contribution in [3.63, 3.8) is 0 Å². The molecule has 0 amide bonds. The number of hydrogen-bond donors (Lipinski definition) is 1. The van der Waals surface area contributed by atoms with Crippen LogP contribution in [0.4, 0.5) is 4.39 Å². The van der Waals surface area contributed by atoms with Gasteiger partial charge in [-0.1, -0.05) is 25.5 Å². The van der Waals surface area contributed by atoms with Crippen LogP contribution in [0, 0.1) is 12.7 Å². The van der Waals surface area contributed by atoms with Crippen LogP contribution in [-0.4, -0.2) is 12.6 Å².